The van der Waals surface area contributed by atoms with Gasteiger partial charge in [-0.2, -0.15) is 0 Å². The van der Waals surface area contributed by atoms with Crippen molar-refractivity contribution < 1.29 is 28.7 Å². The van der Waals surface area contributed by atoms with E-state index in [9.17, 15) is 19.2 Å². The number of ether oxygens (including phenoxy) is 2. The van der Waals surface area contributed by atoms with E-state index in [4.69, 9.17) is 9.47 Å². The number of nitrogens with zero attached hydrogens (tertiary/aromatic N) is 2. The van der Waals surface area contributed by atoms with Crippen LogP contribution >= 0.6 is 0 Å². The Morgan fingerprint density at radius 1 is 0.975 bits per heavy atom. The third kappa shape index (κ3) is 5.27. The first kappa shape index (κ1) is 28.4. The normalized spacial score (nSPS) is 13.9. The smallest absolute Gasteiger partial charge is 0.299 e. The van der Waals surface area contributed by atoms with E-state index in [1.54, 1.807) is 49.4 Å². The number of anilines is 2. The van der Waals surface area contributed by atoms with Crippen molar-refractivity contribution in [3.8, 4) is 11.5 Å². The lowest BCUT2D eigenvalue weighted by atomic mass is 9.93. The zero-order chi connectivity index (χ0) is 29.0. The Labute approximate surface area is 233 Å². The number of ketones is 1. The minimum atomic E-state index is -1.32. The molecule has 1 N–H and O–H groups in total. The number of fused-ring (bicyclic) bond motifs is 1. The number of aryl methyl sites for hydroxylation is 1. The number of carbonyl (C=O) groups excluding carboxylic acids is 4. The maximum atomic E-state index is 14.0. The molecule has 0 bridgehead atoms. The van der Waals surface area contributed by atoms with Gasteiger partial charge in [0.05, 0.1) is 31.2 Å². The Hall–Kier alpha value is -4.66. The van der Waals surface area contributed by atoms with Crippen molar-refractivity contribution in [2.45, 2.75) is 39.3 Å². The maximum Gasteiger partial charge on any atom is 0.299 e. The lowest BCUT2D eigenvalue weighted by Crippen LogP contribution is -2.58. The molecule has 4 rings (SSSR count). The third-order valence-electron chi connectivity index (χ3n) is 7.49. The summed E-state index contributed by atoms with van der Waals surface area (Å²) < 4.78 is 10.7. The fourth-order valence-electron chi connectivity index (χ4n) is 4.75. The van der Waals surface area contributed by atoms with Gasteiger partial charge in [-0.1, -0.05) is 43.3 Å². The molecule has 9 heteroatoms. The van der Waals surface area contributed by atoms with Crippen molar-refractivity contribution in [1.29, 1.82) is 0 Å². The van der Waals surface area contributed by atoms with Crippen LogP contribution in [0.25, 0.3) is 0 Å². The average Bonchev–Trinajstić information content (AvgIpc) is 3.21. The van der Waals surface area contributed by atoms with Gasteiger partial charge in [-0.05, 0) is 55.7 Å². The zero-order valence-corrected chi connectivity index (χ0v) is 23.3. The lowest BCUT2D eigenvalue weighted by Gasteiger charge is -2.40. The van der Waals surface area contributed by atoms with Gasteiger partial charge in [-0.15, -0.1) is 0 Å². The van der Waals surface area contributed by atoms with Gasteiger partial charge < -0.3 is 19.7 Å². The van der Waals surface area contributed by atoms with E-state index in [0.29, 0.717) is 22.9 Å². The highest BCUT2D eigenvalue weighted by atomic mass is 16.5. The van der Waals surface area contributed by atoms with Crippen molar-refractivity contribution in [2.24, 2.45) is 0 Å². The van der Waals surface area contributed by atoms with Gasteiger partial charge in [0.15, 0.2) is 0 Å². The maximum absolute atomic E-state index is 14.0. The van der Waals surface area contributed by atoms with E-state index in [0.717, 1.165) is 11.1 Å². The van der Waals surface area contributed by atoms with E-state index < -0.39 is 29.0 Å². The number of rotatable bonds is 10. The largest absolute Gasteiger partial charge is 0.497 e. The van der Waals surface area contributed by atoms with E-state index in [1.165, 1.54) is 24.0 Å². The number of hydrogen-bond donors (Lipinski definition) is 1. The summed E-state index contributed by atoms with van der Waals surface area (Å²) in [6, 6.07) is 19.2. The molecule has 1 aliphatic rings. The number of methoxy groups -OCH3 is 2. The van der Waals surface area contributed by atoms with Gasteiger partial charge in [0.1, 0.15) is 23.6 Å². The molecule has 3 aromatic rings. The topological polar surface area (TPSA) is 105 Å². The first-order valence-corrected chi connectivity index (χ1v) is 13.0. The van der Waals surface area contributed by atoms with Crippen LogP contribution in [0, 0.1) is 6.92 Å². The highest BCUT2D eigenvalue weighted by Gasteiger charge is 2.44. The molecule has 208 valence electrons. The zero-order valence-electron chi connectivity index (χ0n) is 23.3. The van der Waals surface area contributed by atoms with E-state index in [2.05, 4.69) is 5.32 Å². The molecule has 0 spiro atoms. The molecule has 0 aliphatic carbocycles. The number of carbonyl (C=O) groups is 4. The second kappa shape index (κ2) is 11.6. The van der Waals surface area contributed by atoms with Crippen LogP contribution in [0.3, 0.4) is 0 Å². The van der Waals surface area contributed by atoms with Crippen molar-refractivity contribution >= 4 is 34.9 Å². The molecule has 1 heterocycles. The Balaban J connectivity index is 1.70. The standard InChI is InChI=1S/C31H33N3O6/c1-6-31(3,30(38)32-24-16-15-22(39-4)17-26(24)40-5)34(18-21-12-8-7-11-20(21)2)27(35)19-33-25-14-10-9-13-23(25)28(36)29(33)37/h7-17H,6,18-19H2,1-5H3,(H,32,38). The number of para-hydroxylation sites is 1. The summed E-state index contributed by atoms with van der Waals surface area (Å²) in [5, 5.41) is 2.92. The quantitative estimate of drug-likeness (QED) is 0.381. The summed E-state index contributed by atoms with van der Waals surface area (Å²) >= 11 is 0. The second-order valence-electron chi connectivity index (χ2n) is 9.79. The van der Waals surface area contributed by atoms with E-state index in [1.807, 2.05) is 38.1 Å². The van der Waals surface area contributed by atoms with Crippen LogP contribution < -0.4 is 19.7 Å². The molecule has 0 saturated heterocycles. The van der Waals surface area contributed by atoms with Gasteiger partial charge in [0.2, 0.25) is 11.8 Å². The van der Waals surface area contributed by atoms with E-state index >= 15 is 0 Å². The van der Waals surface area contributed by atoms with Crippen LogP contribution in [0.15, 0.2) is 66.7 Å². The number of nitrogens with one attached hydrogen (secondary N) is 1. The van der Waals surface area contributed by atoms with Crippen LogP contribution in [0.5, 0.6) is 11.5 Å². The number of hydrogen-bond acceptors (Lipinski definition) is 6. The van der Waals surface area contributed by atoms with Gasteiger partial charge in [-0.3, -0.25) is 24.1 Å². The second-order valence-corrected chi connectivity index (χ2v) is 9.79. The molecule has 3 aromatic carbocycles. The molecule has 3 amide bonds. The van der Waals surface area contributed by atoms with Crippen molar-refractivity contribution in [3.63, 3.8) is 0 Å². The fraction of sp³-hybridized carbons (Fsp3) is 0.290. The molecular formula is C31H33N3O6. The number of benzene rings is 3. The molecule has 40 heavy (non-hydrogen) atoms. The van der Waals surface area contributed by atoms with Crippen molar-refractivity contribution in [1.82, 2.24) is 4.90 Å². The Kier molecular flexibility index (Phi) is 8.23. The van der Waals surface area contributed by atoms with E-state index in [-0.39, 0.29) is 25.1 Å². The molecule has 1 aliphatic heterocycles. The van der Waals surface area contributed by atoms with Gasteiger partial charge in [0, 0.05) is 12.6 Å². The van der Waals surface area contributed by atoms with Gasteiger partial charge in [-0.25, -0.2) is 0 Å². The lowest BCUT2D eigenvalue weighted by molar-refractivity contribution is -0.145. The monoisotopic (exact) mass is 543 g/mol. The summed E-state index contributed by atoms with van der Waals surface area (Å²) in [5.74, 6) is -1.35. The molecule has 0 fully saturated rings. The van der Waals surface area contributed by atoms with Crippen LogP contribution in [0.2, 0.25) is 0 Å². The molecule has 1 atom stereocenters. The Morgan fingerprint density at radius 2 is 1.68 bits per heavy atom. The predicted molar refractivity (Wildman–Crippen MR) is 152 cm³/mol. The van der Waals surface area contributed by atoms with Gasteiger partial charge >= 0.3 is 0 Å². The summed E-state index contributed by atoms with van der Waals surface area (Å²) in [6.45, 7) is 5.19. The third-order valence-corrected chi connectivity index (χ3v) is 7.49. The first-order valence-electron chi connectivity index (χ1n) is 13.0. The number of amides is 3. The highest BCUT2D eigenvalue weighted by molar-refractivity contribution is 6.52. The summed E-state index contributed by atoms with van der Waals surface area (Å²) in [4.78, 5) is 56.1. The minimum absolute atomic E-state index is 0.126. The summed E-state index contributed by atoms with van der Waals surface area (Å²) in [7, 11) is 3.02. The minimum Gasteiger partial charge on any atom is -0.497 e. The fourth-order valence-corrected chi connectivity index (χ4v) is 4.75. The first-order chi connectivity index (χ1) is 19.1. The van der Waals surface area contributed by atoms with Crippen molar-refractivity contribution in [3.05, 3.63) is 83.4 Å². The van der Waals surface area contributed by atoms with Crippen LogP contribution in [0.4, 0.5) is 11.4 Å². The average molecular weight is 544 g/mol. The summed E-state index contributed by atoms with van der Waals surface area (Å²) in [5.41, 5.74) is 1.55. The molecule has 0 radical (unpaired) electrons. The Morgan fingerprint density at radius 3 is 2.35 bits per heavy atom. The highest BCUT2D eigenvalue weighted by Crippen LogP contribution is 2.33. The van der Waals surface area contributed by atoms with Crippen LogP contribution in [0.1, 0.15) is 41.8 Å². The Bertz CT molecular complexity index is 1470. The number of Topliss-reactive ketones (excluding diaryl/α,β-unsaturated/α-hetero) is 1. The van der Waals surface area contributed by atoms with Gasteiger partial charge in [0.25, 0.3) is 11.7 Å². The molecule has 0 aromatic heterocycles. The predicted octanol–water partition coefficient (Wildman–Crippen LogP) is 4.38. The molecular weight excluding hydrogens is 510 g/mol. The van der Waals surface area contributed by atoms with Crippen molar-refractivity contribution in [2.75, 3.05) is 31.0 Å². The SMILES string of the molecule is CCC(C)(C(=O)Nc1ccc(OC)cc1OC)N(Cc1ccccc1C)C(=O)CN1C(=O)C(=O)c2ccccc21. The summed E-state index contributed by atoms with van der Waals surface area (Å²) in [6.07, 6.45) is 0.276. The van der Waals surface area contributed by atoms with Crippen LogP contribution in [-0.2, 0) is 20.9 Å². The van der Waals surface area contributed by atoms with Crippen LogP contribution in [-0.4, -0.2) is 54.7 Å². The molecule has 0 saturated carbocycles. The molecule has 1 unspecified atom stereocenters. The molecule has 9 nitrogen and oxygen atoms in total.